The molecule has 4 aromatic rings. The number of fused-ring (bicyclic) bond motifs is 1. The van der Waals surface area contributed by atoms with Crippen molar-refractivity contribution in [3.63, 3.8) is 0 Å². The normalized spacial score (nSPS) is 10.6. The van der Waals surface area contributed by atoms with Crippen molar-refractivity contribution in [1.29, 1.82) is 10.5 Å². The lowest BCUT2D eigenvalue weighted by Gasteiger charge is -2.13. The second kappa shape index (κ2) is 9.33. The Morgan fingerprint density at radius 1 is 1.06 bits per heavy atom. The van der Waals surface area contributed by atoms with Crippen LogP contribution in [0, 0.1) is 28.5 Å². The second-order valence-corrected chi connectivity index (χ2v) is 7.84. The van der Waals surface area contributed by atoms with Gasteiger partial charge in [0, 0.05) is 5.56 Å². The monoisotopic (exact) mass is 446 g/mol. The van der Waals surface area contributed by atoms with Gasteiger partial charge in [0.15, 0.2) is 0 Å². The molecule has 158 valence electrons. The summed E-state index contributed by atoms with van der Waals surface area (Å²) in [6.07, 6.45) is -0.0218. The average Bonchev–Trinajstić information content (AvgIpc) is 3.41. The topological polar surface area (TPSA) is 120 Å². The molecule has 0 radical (unpaired) electrons. The van der Waals surface area contributed by atoms with E-state index in [1.807, 2.05) is 42.5 Å². The van der Waals surface area contributed by atoms with E-state index < -0.39 is 5.91 Å². The van der Waals surface area contributed by atoms with Crippen molar-refractivity contribution in [3.8, 4) is 23.3 Å². The van der Waals surface area contributed by atoms with E-state index in [4.69, 9.17) is 14.9 Å². The molecule has 8 nitrogen and oxygen atoms in total. The van der Waals surface area contributed by atoms with Crippen molar-refractivity contribution in [2.45, 2.75) is 12.8 Å². The summed E-state index contributed by atoms with van der Waals surface area (Å²) < 4.78 is 21.1. The van der Waals surface area contributed by atoms with E-state index in [1.54, 1.807) is 12.1 Å². The van der Waals surface area contributed by atoms with Crippen LogP contribution in [0.5, 0.6) is 0 Å². The van der Waals surface area contributed by atoms with Crippen LogP contribution < -0.4 is 0 Å². The molecule has 2 aromatic carbocycles. The number of amides is 1. The molecule has 2 aromatic heterocycles. The van der Waals surface area contributed by atoms with Gasteiger partial charge in [-0.15, -0.1) is 21.5 Å². The Labute approximate surface area is 186 Å². The molecule has 0 aliphatic heterocycles. The van der Waals surface area contributed by atoms with Crippen LogP contribution in [0.2, 0.25) is 0 Å². The number of thiazole rings is 1. The summed E-state index contributed by atoms with van der Waals surface area (Å²) >= 11 is 1.21. The Bertz CT molecular complexity index is 1340. The van der Waals surface area contributed by atoms with Gasteiger partial charge in [0.05, 0.1) is 28.8 Å². The molecule has 0 fully saturated rings. The molecule has 0 aliphatic rings. The third kappa shape index (κ3) is 4.46. The summed E-state index contributed by atoms with van der Waals surface area (Å²) in [5, 5.41) is 25.9. The highest BCUT2D eigenvalue weighted by Crippen LogP contribution is 2.33. The molecule has 0 unspecified atom stereocenters. The molecular formula is C22H15FN6O2S. The van der Waals surface area contributed by atoms with Crippen LogP contribution in [0.25, 0.3) is 21.3 Å². The minimum Gasteiger partial charge on any atom is -0.424 e. The summed E-state index contributed by atoms with van der Waals surface area (Å²) in [6, 6.07) is 16.4. The van der Waals surface area contributed by atoms with Crippen LogP contribution in [0.4, 0.5) is 4.39 Å². The smallest absolute Gasteiger partial charge is 0.233 e. The summed E-state index contributed by atoms with van der Waals surface area (Å²) in [6.45, 7) is -0.398. The number of carbonyl (C=O) groups excluding carboxylic acids is 1. The minimum atomic E-state index is -0.459. The van der Waals surface area contributed by atoms with Gasteiger partial charge in [-0.3, -0.25) is 4.79 Å². The van der Waals surface area contributed by atoms with Gasteiger partial charge in [0.25, 0.3) is 0 Å². The van der Waals surface area contributed by atoms with Gasteiger partial charge in [0.1, 0.15) is 30.3 Å². The first-order valence-corrected chi connectivity index (χ1v) is 10.4. The predicted octanol–water partition coefficient (Wildman–Crippen LogP) is 3.49. The fraction of sp³-hybridized carbons (Fsp3) is 0.182. The number of rotatable bonds is 7. The first-order valence-electron chi connectivity index (χ1n) is 9.55. The summed E-state index contributed by atoms with van der Waals surface area (Å²) in [5.41, 5.74) is 1.84. The van der Waals surface area contributed by atoms with Crippen molar-refractivity contribution in [2.24, 2.45) is 0 Å². The van der Waals surface area contributed by atoms with Gasteiger partial charge < -0.3 is 9.32 Å². The van der Waals surface area contributed by atoms with Crippen LogP contribution in [-0.4, -0.2) is 39.1 Å². The van der Waals surface area contributed by atoms with Crippen molar-refractivity contribution >= 4 is 27.5 Å². The van der Waals surface area contributed by atoms with Crippen molar-refractivity contribution < 1.29 is 13.6 Å². The van der Waals surface area contributed by atoms with E-state index in [0.717, 1.165) is 10.5 Å². The third-order valence-corrected chi connectivity index (χ3v) is 5.68. The number of benzene rings is 2. The van der Waals surface area contributed by atoms with Gasteiger partial charge in [-0.05, 0) is 17.7 Å². The SMILES string of the molecule is N#CCN(CC#N)C(=O)Cc1nnc(Cc2nc3ccc(-c4ccccc4)c(F)c3s2)o1. The van der Waals surface area contributed by atoms with Gasteiger partial charge in [-0.25, -0.2) is 9.37 Å². The summed E-state index contributed by atoms with van der Waals surface area (Å²) in [5.74, 6) is -0.477. The molecule has 0 aliphatic carbocycles. The largest absolute Gasteiger partial charge is 0.424 e. The standard InChI is InChI=1S/C22H15FN6O2S/c23-21-15(14-4-2-1-3-5-14)6-7-16-22(21)32-19(26-16)12-17-27-28-18(31-17)13-20(30)29(10-8-24)11-9-25/h1-7H,10-13H2. The zero-order valence-electron chi connectivity index (χ0n) is 16.7. The van der Waals surface area contributed by atoms with Gasteiger partial charge in [0.2, 0.25) is 17.7 Å². The van der Waals surface area contributed by atoms with Crippen LogP contribution in [0.3, 0.4) is 0 Å². The molecule has 32 heavy (non-hydrogen) atoms. The Morgan fingerprint density at radius 2 is 1.78 bits per heavy atom. The lowest BCUT2D eigenvalue weighted by atomic mass is 10.1. The number of carbonyl (C=O) groups is 1. The second-order valence-electron chi connectivity index (χ2n) is 6.76. The molecule has 0 bridgehead atoms. The zero-order chi connectivity index (χ0) is 22.5. The lowest BCUT2D eigenvalue weighted by molar-refractivity contribution is -0.129. The molecule has 2 heterocycles. The molecule has 0 saturated carbocycles. The zero-order valence-corrected chi connectivity index (χ0v) is 17.5. The highest BCUT2D eigenvalue weighted by molar-refractivity contribution is 7.18. The minimum absolute atomic E-state index is 0.0736. The number of hydrogen-bond acceptors (Lipinski definition) is 8. The number of halogens is 1. The van der Waals surface area contributed by atoms with E-state index in [2.05, 4.69) is 15.2 Å². The molecule has 4 rings (SSSR count). The Balaban J connectivity index is 1.50. The van der Waals surface area contributed by atoms with Gasteiger partial charge >= 0.3 is 0 Å². The maximum absolute atomic E-state index is 15.1. The molecule has 0 spiro atoms. The number of hydrogen-bond donors (Lipinski definition) is 0. The summed E-state index contributed by atoms with van der Waals surface area (Å²) in [4.78, 5) is 17.8. The maximum atomic E-state index is 15.1. The Hall–Kier alpha value is -4.15. The Morgan fingerprint density at radius 3 is 2.50 bits per heavy atom. The lowest BCUT2D eigenvalue weighted by Crippen LogP contribution is -2.33. The number of aromatic nitrogens is 3. The number of nitriles is 2. The van der Waals surface area contributed by atoms with Crippen LogP contribution in [0.15, 0.2) is 46.9 Å². The molecule has 10 heteroatoms. The van der Waals surface area contributed by atoms with E-state index in [0.29, 0.717) is 20.8 Å². The predicted molar refractivity (Wildman–Crippen MR) is 114 cm³/mol. The van der Waals surface area contributed by atoms with Crippen molar-refractivity contribution in [2.75, 3.05) is 13.1 Å². The van der Waals surface area contributed by atoms with E-state index in [1.165, 1.54) is 11.3 Å². The quantitative estimate of drug-likeness (QED) is 0.399. The first kappa shape index (κ1) is 21.1. The molecule has 0 N–H and O–H groups in total. The Kier molecular flexibility index (Phi) is 6.15. The number of nitrogens with zero attached hydrogens (tertiary/aromatic N) is 6. The van der Waals surface area contributed by atoms with Gasteiger partial charge in [-0.1, -0.05) is 30.3 Å². The fourth-order valence-corrected chi connectivity index (χ4v) is 4.12. The van der Waals surface area contributed by atoms with Crippen LogP contribution in [-0.2, 0) is 17.6 Å². The van der Waals surface area contributed by atoms with Crippen molar-refractivity contribution in [3.05, 3.63) is 65.1 Å². The highest BCUT2D eigenvalue weighted by atomic mass is 32.1. The van der Waals surface area contributed by atoms with Gasteiger partial charge in [-0.2, -0.15) is 10.5 Å². The van der Waals surface area contributed by atoms with E-state index in [-0.39, 0.29) is 43.5 Å². The van der Waals surface area contributed by atoms with Crippen LogP contribution in [0.1, 0.15) is 16.8 Å². The maximum Gasteiger partial charge on any atom is 0.233 e. The fourth-order valence-electron chi connectivity index (χ4n) is 3.13. The summed E-state index contributed by atoms with van der Waals surface area (Å²) in [7, 11) is 0. The van der Waals surface area contributed by atoms with Crippen molar-refractivity contribution in [1.82, 2.24) is 20.1 Å². The third-order valence-electron chi connectivity index (χ3n) is 4.62. The highest BCUT2D eigenvalue weighted by Gasteiger charge is 2.19. The van der Waals surface area contributed by atoms with Crippen LogP contribution >= 0.6 is 11.3 Å². The molecule has 0 saturated heterocycles. The average molecular weight is 446 g/mol. The van der Waals surface area contributed by atoms with E-state index in [9.17, 15) is 4.79 Å². The van der Waals surface area contributed by atoms with E-state index >= 15 is 4.39 Å². The molecular weight excluding hydrogens is 431 g/mol. The molecule has 1 amide bonds. The first-order chi connectivity index (χ1) is 15.6. The molecule has 0 atom stereocenters.